The van der Waals surface area contributed by atoms with E-state index in [4.69, 9.17) is 29.8 Å². The van der Waals surface area contributed by atoms with Crippen LogP contribution in [0.4, 0.5) is 5.13 Å². The van der Waals surface area contributed by atoms with Crippen molar-refractivity contribution in [2.24, 2.45) is 5.92 Å². The van der Waals surface area contributed by atoms with Gasteiger partial charge in [-0.2, -0.15) is 5.26 Å². The van der Waals surface area contributed by atoms with Crippen molar-refractivity contribution in [2.45, 2.75) is 26.4 Å². The molecule has 0 spiro atoms. The summed E-state index contributed by atoms with van der Waals surface area (Å²) < 4.78 is 5.84. The summed E-state index contributed by atoms with van der Waals surface area (Å²) in [6.07, 6.45) is 2.08. The van der Waals surface area contributed by atoms with E-state index in [1.165, 1.54) is 11.3 Å². The summed E-state index contributed by atoms with van der Waals surface area (Å²) in [5.74, 6) is -3.12. The van der Waals surface area contributed by atoms with Gasteiger partial charge in [0, 0.05) is 12.0 Å². The molecule has 0 atom stereocenters. The average Bonchev–Trinajstić information content (AvgIpc) is 3.20. The smallest absolute Gasteiger partial charge is 0.414 e. The minimum Gasteiger partial charge on any atom is -0.473 e. The van der Waals surface area contributed by atoms with Crippen LogP contribution in [-0.2, 0) is 25.7 Å². The van der Waals surface area contributed by atoms with Gasteiger partial charge in [-0.3, -0.25) is 9.69 Å². The second-order valence-electron chi connectivity index (χ2n) is 7.50. The van der Waals surface area contributed by atoms with Crippen LogP contribution in [0.5, 0.6) is 0 Å². The van der Waals surface area contributed by atoms with E-state index in [-0.39, 0.29) is 5.91 Å². The number of piperidine rings is 1. The summed E-state index contributed by atoms with van der Waals surface area (Å²) in [6.45, 7) is 5.46. The first-order chi connectivity index (χ1) is 15.8. The largest absolute Gasteiger partial charge is 0.473 e. The molecule has 2 heterocycles. The van der Waals surface area contributed by atoms with Crippen LogP contribution in [0.15, 0.2) is 29.6 Å². The Morgan fingerprint density at radius 2 is 1.85 bits per heavy atom. The van der Waals surface area contributed by atoms with Gasteiger partial charge in [-0.25, -0.2) is 14.6 Å². The molecular formula is C22H26N4O6S. The molecule has 176 valence electrons. The van der Waals surface area contributed by atoms with Crippen molar-refractivity contribution < 1.29 is 29.3 Å². The van der Waals surface area contributed by atoms with E-state index in [0.717, 1.165) is 43.8 Å². The Kier molecular flexibility index (Phi) is 10.4. The van der Waals surface area contributed by atoms with Gasteiger partial charge < -0.3 is 20.3 Å². The molecule has 1 aliphatic rings. The number of hydrogen-bond donors (Lipinski definition) is 3. The summed E-state index contributed by atoms with van der Waals surface area (Å²) in [5, 5.41) is 29.1. The number of carboxylic acids is 2. The number of aliphatic carboxylic acids is 2. The summed E-state index contributed by atoms with van der Waals surface area (Å²) in [5.41, 5.74) is 2.68. The fraction of sp³-hybridized carbons (Fsp3) is 0.409. The quantitative estimate of drug-likeness (QED) is 0.513. The van der Waals surface area contributed by atoms with E-state index in [9.17, 15) is 4.79 Å². The Morgan fingerprint density at radius 1 is 1.21 bits per heavy atom. The van der Waals surface area contributed by atoms with Gasteiger partial charge in [-0.15, -0.1) is 11.3 Å². The lowest BCUT2D eigenvalue weighted by Gasteiger charge is -2.31. The number of hydrogen-bond acceptors (Lipinski definition) is 8. The minimum atomic E-state index is -1.82. The number of nitriles is 1. The molecule has 10 nitrogen and oxygen atoms in total. The highest BCUT2D eigenvalue weighted by Crippen LogP contribution is 2.19. The number of nitrogens with zero attached hydrogens (tertiary/aromatic N) is 3. The molecule has 1 fully saturated rings. The average molecular weight is 475 g/mol. The highest BCUT2D eigenvalue weighted by Gasteiger charge is 2.21. The fourth-order valence-electron chi connectivity index (χ4n) is 3.10. The van der Waals surface area contributed by atoms with Crippen molar-refractivity contribution in [1.29, 1.82) is 5.26 Å². The van der Waals surface area contributed by atoms with Crippen LogP contribution in [0.2, 0.25) is 0 Å². The summed E-state index contributed by atoms with van der Waals surface area (Å²) >= 11 is 1.46. The van der Waals surface area contributed by atoms with Gasteiger partial charge in [0.1, 0.15) is 0 Å². The molecule has 3 rings (SSSR count). The maximum atomic E-state index is 12.1. The molecule has 11 heteroatoms. The van der Waals surface area contributed by atoms with E-state index in [0.29, 0.717) is 29.8 Å². The molecule has 2 aromatic rings. The van der Waals surface area contributed by atoms with Crippen LogP contribution < -0.4 is 5.32 Å². The Labute approximate surface area is 195 Å². The highest BCUT2D eigenvalue weighted by molar-refractivity contribution is 7.13. The van der Waals surface area contributed by atoms with Crippen molar-refractivity contribution in [1.82, 2.24) is 9.88 Å². The number of carboxylic acid groups (broad SMARTS) is 2. The molecule has 3 N–H and O–H groups in total. The molecule has 0 radical (unpaired) electrons. The molecule has 1 aliphatic heterocycles. The van der Waals surface area contributed by atoms with E-state index in [2.05, 4.69) is 21.3 Å². The third kappa shape index (κ3) is 9.78. The second kappa shape index (κ2) is 13.3. The van der Waals surface area contributed by atoms with Crippen LogP contribution in [-0.4, -0.2) is 64.2 Å². The van der Waals surface area contributed by atoms with Crippen molar-refractivity contribution in [2.75, 3.05) is 31.6 Å². The number of likely N-dealkylation sites (tertiary alicyclic amines) is 1. The summed E-state index contributed by atoms with van der Waals surface area (Å²) in [7, 11) is 0. The molecule has 1 aromatic carbocycles. The maximum absolute atomic E-state index is 12.1. The number of nitrogens with one attached hydrogen (secondary N) is 1. The molecular weight excluding hydrogens is 448 g/mol. The predicted octanol–water partition coefficient (Wildman–Crippen LogP) is 2.35. The van der Waals surface area contributed by atoms with Gasteiger partial charge in [0.15, 0.2) is 5.13 Å². The number of carbonyl (C=O) groups is 3. The first-order valence-electron chi connectivity index (χ1n) is 10.2. The first-order valence-corrected chi connectivity index (χ1v) is 11.1. The number of aryl methyl sites for hydroxylation is 1. The van der Waals surface area contributed by atoms with Gasteiger partial charge in [0.25, 0.3) is 0 Å². The number of rotatable bonds is 7. The molecule has 33 heavy (non-hydrogen) atoms. The number of ether oxygens (including phenoxy) is 1. The Morgan fingerprint density at radius 3 is 2.36 bits per heavy atom. The Bertz CT molecular complexity index is 966. The van der Waals surface area contributed by atoms with E-state index < -0.39 is 11.9 Å². The van der Waals surface area contributed by atoms with Crippen molar-refractivity contribution in [3.8, 4) is 6.07 Å². The van der Waals surface area contributed by atoms with E-state index in [1.54, 1.807) is 0 Å². The standard InChI is InChI=1S/C20H24N4O2S.C2H2O4/c1-15-14-27-20(22-15)23-19(25)11-24-8-6-18(7-9-24)13-26-12-17-4-2-16(10-21)3-5-17;3-1(4)2(5)6/h2-5,14,18H,6-9,11-13H2,1H3,(H,22,23,25);(H,3,4)(H,5,6). The normalized spacial score (nSPS) is 13.9. The van der Waals surface area contributed by atoms with Crippen LogP contribution in [0, 0.1) is 24.2 Å². The highest BCUT2D eigenvalue weighted by atomic mass is 32.1. The second-order valence-corrected chi connectivity index (χ2v) is 8.35. The molecule has 1 amide bonds. The lowest BCUT2D eigenvalue weighted by Crippen LogP contribution is -2.40. The third-order valence-corrected chi connectivity index (χ3v) is 5.70. The van der Waals surface area contributed by atoms with Gasteiger partial charge in [-0.05, 0) is 56.5 Å². The van der Waals surface area contributed by atoms with Crippen molar-refractivity contribution in [3.63, 3.8) is 0 Å². The zero-order chi connectivity index (χ0) is 24.2. The molecule has 0 saturated carbocycles. The van der Waals surface area contributed by atoms with Gasteiger partial charge in [0.2, 0.25) is 5.91 Å². The lowest BCUT2D eigenvalue weighted by molar-refractivity contribution is -0.159. The van der Waals surface area contributed by atoms with Crippen LogP contribution in [0.1, 0.15) is 29.7 Å². The number of thiazole rings is 1. The van der Waals surface area contributed by atoms with Gasteiger partial charge in [-0.1, -0.05) is 12.1 Å². The number of carbonyl (C=O) groups excluding carboxylic acids is 1. The summed E-state index contributed by atoms with van der Waals surface area (Å²) in [6, 6.07) is 9.62. The third-order valence-electron chi connectivity index (χ3n) is 4.83. The van der Waals surface area contributed by atoms with Crippen molar-refractivity contribution in [3.05, 3.63) is 46.5 Å². The molecule has 0 unspecified atom stereocenters. The van der Waals surface area contributed by atoms with Crippen LogP contribution >= 0.6 is 11.3 Å². The van der Waals surface area contributed by atoms with Gasteiger partial charge >= 0.3 is 11.9 Å². The van der Waals surface area contributed by atoms with E-state index >= 15 is 0 Å². The summed E-state index contributed by atoms with van der Waals surface area (Å²) in [4.78, 5) is 36.8. The molecule has 0 aliphatic carbocycles. The maximum Gasteiger partial charge on any atom is 0.414 e. The zero-order valence-electron chi connectivity index (χ0n) is 18.2. The Hall–Kier alpha value is -3.33. The topological polar surface area (TPSA) is 153 Å². The SMILES string of the molecule is Cc1csc(NC(=O)CN2CCC(COCc3ccc(C#N)cc3)CC2)n1.O=C(O)C(=O)O. The zero-order valence-corrected chi connectivity index (χ0v) is 19.0. The molecule has 1 aromatic heterocycles. The lowest BCUT2D eigenvalue weighted by atomic mass is 9.98. The number of amides is 1. The monoisotopic (exact) mass is 474 g/mol. The minimum absolute atomic E-state index is 0.000124. The van der Waals surface area contributed by atoms with Gasteiger partial charge in [0.05, 0.1) is 30.5 Å². The van der Waals surface area contributed by atoms with Crippen LogP contribution in [0.3, 0.4) is 0 Å². The van der Waals surface area contributed by atoms with E-state index in [1.807, 2.05) is 36.6 Å². The van der Waals surface area contributed by atoms with Crippen LogP contribution in [0.25, 0.3) is 0 Å². The van der Waals surface area contributed by atoms with Crippen molar-refractivity contribution >= 4 is 34.3 Å². The Balaban J connectivity index is 0.000000569. The number of benzene rings is 1. The number of anilines is 1. The number of aromatic nitrogens is 1. The predicted molar refractivity (Wildman–Crippen MR) is 121 cm³/mol. The first kappa shape index (κ1) is 25.9. The fourth-order valence-corrected chi connectivity index (χ4v) is 3.81. The molecule has 0 bridgehead atoms. The molecule has 1 saturated heterocycles.